The van der Waals surface area contributed by atoms with Gasteiger partial charge < -0.3 is 28.7 Å². The molecule has 1 N–H and O–H groups in total. The Morgan fingerprint density at radius 3 is 1.20 bits per heavy atom. The number of carbonyl (C=O) groups is 2. The number of carboxylic acid groups (broad SMARTS) is 1. The smallest absolute Gasteiger partial charge is 0.335 e. The van der Waals surface area contributed by atoms with Gasteiger partial charge in [-0.05, 0) is 111 Å². The molecule has 4 aromatic carbocycles. The third-order valence-corrected chi connectivity index (χ3v) is 841. The number of anilines is 2. The van der Waals surface area contributed by atoms with Crippen LogP contribution in [0.5, 0.6) is 0 Å². The van der Waals surface area contributed by atoms with E-state index in [1.54, 1.807) is 12.1 Å². The van der Waals surface area contributed by atoms with Crippen LogP contribution in [0.15, 0.2) is 94.0 Å². The maximum absolute atomic E-state index is 11.7. The molecule has 0 atom stereocenters. The molecule has 0 amide bonds. The molecule has 2 aliphatic carbocycles. The van der Waals surface area contributed by atoms with Gasteiger partial charge in [-0.1, -0.05) is 68.8 Å². The number of rotatable bonds is 19. The monoisotopic (exact) mass is 2760 g/mol. The molecule has 0 spiro atoms. The minimum absolute atomic E-state index is 0.312. The number of piperazine rings is 2. The standard InChI is InChI=1S/C26H27Cl2N3O3.C25H25Cl2N3O3.I14/c1-33-26(32)18-7-9-19(10-8-18)31-15-13-30(14-16-31)12-11-20-24(29-34-25(20)17-5-6-17)23-21(27)3-2-4-22(23)28;26-20-2-1-3-21(27)22(20)23-19(24(33-28-23)16-4-5-16)10-11-29-12-14-30(15-13-29)18-8-6-17(7-9-18)25(31)32;1-9(2)11(5)13(7)14(8)12(6)10(3)4/h2-4,7-10,17H,5-6,11-16H2,1H3;1-3,6-9,16H,4-5,10-15H2,(H,31,32);. The first kappa shape index (κ1) is 72.0. The zero-order valence-electron chi connectivity index (χ0n) is 42.5. The van der Waals surface area contributed by atoms with Crippen molar-refractivity contribution in [2.75, 3.05) is 82.4 Å². The van der Waals surface area contributed by atoms with Gasteiger partial charge in [0.15, 0.2) is 0 Å². The first-order chi connectivity index (χ1) is 38.8. The van der Waals surface area contributed by atoms with Crippen molar-refractivity contribution in [2.45, 2.75) is 50.4 Å². The van der Waals surface area contributed by atoms with E-state index in [-0.39, 0.29) is 37.5 Å². The Morgan fingerprint density at radius 2 is 0.889 bits per heavy atom. The number of hydrogen-bond acceptors (Lipinski definition) is 11. The molecule has 2 saturated heterocycles. The van der Waals surface area contributed by atoms with Crippen molar-refractivity contribution in [3.05, 3.63) is 139 Å². The number of methoxy groups -OCH3 is 1. The second-order valence-corrected chi connectivity index (χ2v) is 313. The molecule has 448 valence electrons. The fourth-order valence-electron chi connectivity index (χ4n) is 9.16. The van der Waals surface area contributed by atoms with Crippen LogP contribution < -0.4 is 9.80 Å². The van der Waals surface area contributed by atoms with Crippen LogP contribution in [-0.4, -0.2) is 110 Å². The van der Waals surface area contributed by atoms with Crippen LogP contribution in [0.3, 0.4) is 0 Å². The van der Waals surface area contributed by atoms with Gasteiger partial charge in [-0.15, -0.1) is 0 Å². The summed E-state index contributed by atoms with van der Waals surface area (Å²) in [4.78, 5) is 32.3. The van der Waals surface area contributed by atoms with E-state index in [0.717, 1.165) is 161 Å². The maximum atomic E-state index is 11.7. The molecule has 4 heterocycles. The number of halogens is 18. The molecule has 2 aliphatic heterocycles. The molecule has 0 bridgehead atoms. The van der Waals surface area contributed by atoms with Gasteiger partial charge >= 0.3 is 208 Å². The first-order valence-corrected chi connectivity index (χ1v) is 108. The summed E-state index contributed by atoms with van der Waals surface area (Å²) < 4.78 is 16.4. The molecule has 6 aromatic rings. The number of carboxylic acids is 1. The first-order valence-electron chi connectivity index (χ1n) is 24.7. The SMILES string of the molecule is COC(=O)c1ccc(N2CCN(CCc3c(-c4c(Cl)cccc4Cl)noc3C3CC3)CC2)cc1.II(I)I(I)I(I)I(I)I(I)I(I)I.O=C(O)c1ccc(N2CCN(CCc3c(-c4c(Cl)cccc4Cl)noc3C3CC3)CC2)cc1. The van der Waals surface area contributed by atoms with Gasteiger partial charge in [0.05, 0.1) is 38.3 Å². The summed E-state index contributed by atoms with van der Waals surface area (Å²) in [5, 5.41) is 20.2. The molecule has 4 aliphatic rings. The molecule has 30 heteroatoms. The van der Waals surface area contributed by atoms with Crippen molar-refractivity contribution in [3.8, 4) is 22.5 Å². The Labute approximate surface area is 594 Å². The van der Waals surface area contributed by atoms with E-state index >= 15 is 0 Å². The van der Waals surface area contributed by atoms with Crippen LogP contribution in [0, 0.1) is 0 Å². The van der Waals surface area contributed by atoms with Gasteiger partial charge in [0.25, 0.3) is 0 Å². The van der Waals surface area contributed by atoms with Crippen molar-refractivity contribution in [1.29, 1.82) is 0 Å². The quantitative estimate of drug-likeness (QED) is 0.0612. The van der Waals surface area contributed by atoms with E-state index in [4.69, 9.17) is 65.3 Å². The Morgan fingerprint density at radius 1 is 0.543 bits per heavy atom. The van der Waals surface area contributed by atoms with Crippen molar-refractivity contribution < 1.29 is 28.5 Å². The third-order valence-electron chi connectivity index (χ3n) is 13.6. The van der Waals surface area contributed by atoms with Crippen LogP contribution >= 0.6 is 243 Å². The van der Waals surface area contributed by atoms with E-state index in [2.05, 4.69) is 179 Å². The average molecular weight is 2760 g/mol. The summed E-state index contributed by atoms with van der Waals surface area (Å²) in [5.74, 6) is 1.68. The van der Waals surface area contributed by atoms with Crippen LogP contribution in [0.2, 0.25) is 20.1 Å². The predicted molar refractivity (Wildman–Crippen MR) is 460 cm³/mol. The number of esters is 1. The topological polar surface area (TPSA) is 129 Å². The number of ether oxygens (including phenoxy) is 1. The summed E-state index contributed by atoms with van der Waals surface area (Å²) >= 11 is 49.3. The van der Waals surface area contributed by atoms with Gasteiger partial charge in [-0.2, -0.15) is 0 Å². The summed E-state index contributed by atoms with van der Waals surface area (Å²) in [6.45, 7) is 9.28. The van der Waals surface area contributed by atoms with E-state index in [1.165, 1.54) is 7.11 Å². The molecule has 0 radical (unpaired) electrons. The fourth-order valence-corrected chi connectivity index (χ4v) is 1690. The van der Waals surface area contributed by atoms with Gasteiger partial charge in [-0.25, -0.2) is 9.59 Å². The van der Waals surface area contributed by atoms with Crippen molar-refractivity contribution in [1.82, 2.24) is 20.1 Å². The van der Waals surface area contributed by atoms with Crippen LogP contribution in [-0.2, 0) is 17.6 Å². The van der Waals surface area contributed by atoms with Crippen molar-refractivity contribution in [2.24, 2.45) is 0 Å². The molecule has 12 nitrogen and oxygen atoms in total. The fraction of sp³-hybridized carbons (Fsp3) is 0.373. The molecule has 2 aromatic heterocycles. The zero-order valence-corrected chi connectivity index (χ0v) is 75.8. The van der Waals surface area contributed by atoms with Crippen molar-refractivity contribution >= 4 is 266 Å². The summed E-state index contributed by atoms with van der Waals surface area (Å²) in [6.07, 6.45) is 6.24. The van der Waals surface area contributed by atoms with Gasteiger partial charge in [0, 0.05) is 111 Å². The minimum Gasteiger partial charge on any atom is -0.478 e. The van der Waals surface area contributed by atoms with Gasteiger partial charge in [0.1, 0.15) is 22.9 Å². The molecular weight excluding hydrogens is 2710 g/mol. The zero-order chi connectivity index (χ0) is 58.1. The molecular formula is C51H52Cl4I14N6O6. The van der Waals surface area contributed by atoms with E-state index in [1.807, 2.05) is 72.8 Å². The van der Waals surface area contributed by atoms with E-state index < -0.39 is 21.8 Å². The normalized spacial score (nSPS) is 16.8. The number of nitrogens with zero attached hydrogens (tertiary/aromatic N) is 6. The Balaban J connectivity index is 0.000000173. The van der Waals surface area contributed by atoms with E-state index in [9.17, 15) is 9.59 Å². The van der Waals surface area contributed by atoms with Crippen molar-refractivity contribution in [3.63, 3.8) is 0 Å². The second kappa shape index (κ2) is 35.6. The Kier molecular flexibility index (Phi) is 31.6. The molecule has 0 unspecified atom stereocenters. The molecule has 2 saturated carbocycles. The Hall–Kier alpha value is 5.14. The number of aromatic nitrogens is 2. The number of aromatic carboxylic acids is 1. The minimum atomic E-state index is -0.900. The average Bonchev–Trinajstić information content (AvgIpc) is 4.55. The largest absolute Gasteiger partial charge is 0.478 e. The number of carbonyl (C=O) groups excluding carboxylic acids is 1. The molecule has 10 rings (SSSR count). The second-order valence-electron chi connectivity index (χ2n) is 18.5. The molecule has 4 fully saturated rings. The predicted octanol–water partition coefficient (Wildman–Crippen LogP) is 23.7. The van der Waals surface area contributed by atoms with Gasteiger partial charge in [-0.3, -0.25) is 9.80 Å². The van der Waals surface area contributed by atoms with Gasteiger partial charge in [0.2, 0.25) is 0 Å². The van der Waals surface area contributed by atoms with Crippen LogP contribution in [0.1, 0.15) is 80.9 Å². The maximum Gasteiger partial charge on any atom is 0.335 e. The summed E-state index contributed by atoms with van der Waals surface area (Å²) in [7, 11) is -0.760. The summed E-state index contributed by atoms with van der Waals surface area (Å²) in [6, 6.07) is 25.7. The Bertz CT molecular complexity index is 3000. The number of hydrogen-bond donors (Lipinski definition) is 1. The van der Waals surface area contributed by atoms with E-state index in [0.29, 0.717) is 43.1 Å². The third kappa shape index (κ3) is 20.6. The summed E-state index contributed by atoms with van der Waals surface area (Å²) in [5.41, 5.74) is 8.39. The molecule has 81 heavy (non-hydrogen) atoms. The number of benzene rings is 4. The van der Waals surface area contributed by atoms with Crippen LogP contribution in [0.25, 0.3) is 22.5 Å². The van der Waals surface area contributed by atoms with Crippen LogP contribution in [0.4, 0.5) is 11.4 Å².